The number of carbonyl (C=O) groups excluding carboxylic acids is 1. The maximum atomic E-state index is 10.5. The largest absolute Gasteiger partial charge is 0.298 e. The summed E-state index contributed by atoms with van der Waals surface area (Å²) in [5.74, 6) is 0. The number of carbonyl (C=O) groups is 1. The van der Waals surface area contributed by atoms with Crippen LogP contribution in [0.1, 0.15) is 5.56 Å². The van der Waals surface area contributed by atoms with E-state index in [1.165, 1.54) is 5.56 Å². The molecule has 0 aliphatic carbocycles. The molecule has 0 N–H and O–H groups in total. The number of benzene rings is 1. The average Bonchev–Trinajstić information content (AvgIpc) is 2.16. The van der Waals surface area contributed by atoms with Crippen molar-refractivity contribution >= 4 is 28.9 Å². The van der Waals surface area contributed by atoms with Gasteiger partial charge in [-0.3, -0.25) is 4.79 Å². The number of rotatable bonds is 3. The second-order valence-corrected chi connectivity index (χ2v) is 3.09. The molecule has 0 radical (unpaired) electrons. The molecule has 62 valence electrons. The molecular weight excluding hydrogens is 263 g/mol. The van der Waals surface area contributed by atoms with Crippen molar-refractivity contribution in [1.82, 2.24) is 0 Å². The first-order chi connectivity index (χ1) is 5.86. The first-order valence-electron chi connectivity index (χ1n) is 3.65. The van der Waals surface area contributed by atoms with Crippen molar-refractivity contribution < 1.29 is 4.79 Å². The van der Waals surface area contributed by atoms with Gasteiger partial charge in [0.1, 0.15) is 6.29 Å². The van der Waals surface area contributed by atoms with Gasteiger partial charge < -0.3 is 0 Å². The molecule has 0 heterocycles. The lowest BCUT2D eigenvalue weighted by Gasteiger charge is -1.97. The maximum absolute atomic E-state index is 10.5. The lowest BCUT2D eigenvalue weighted by molar-refractivity contribution is -0.104. The van der Waals surface area contributed by atoms with Crippen molar-refractivity contribution in [2.24, 2.45) is 0 Å². The zero-order chi connectivity index (χ0) is 8.81. The van der Waals surface area contributed by atoms with Gasteiger partial charge in [0.2, 0.25) is 0 Å². The van der Waals surface area contributed by atoms with Gasteiger partial charge in [-0.2, -0.15) is 0 Å². The number of hydrogen-bond acceptors (Lipinski definition) is 1. The van der Waals surface area contributed by atoms with Crippen LogP contribution in [0, 0.1) is 0 Å². The number of hydrogen-bond donors (Lipinski definition) is 0. The Balaban J connectivity index is 2.70. The van der Waals surface area contributed by atoms with Crippen LogP contribution in [0.15, 0.2) is 40.0 Å². The molecule has 1 rings (SSSR count). The SMILES string of the molecule is O=C/C(=C/I)Cc1ccccc1. The van der Waals surface area contributed by atoms with Gasteiger partial charge in [0, 0.05) is 12.0 Å². The van der Waals surface area contributed by atoms with Crippen molar-refractivity contribution in [3.05, 3.63) is 45.6 Å². The zero-order valence-corrected chi connectivity index (χ0v) is 8.69. The Kier molecular flexibility index (Phi) is 4.00. The molecule has 0 aliphatic heterocycles. The third kappa shape index (κ3) is 2.77. The highest BCUT2D eigenvalue weighted by molar-refractivity contribution is 14.1. The Labute approximate surface area is 85.6 Å². The standard InChI is InChI=1S/C10H9IO/c11-7-10(8-12)6-9-4-2-1-3-5-9/h1-5,7-8H,6H2/b10-7+. The Hall–Kier alpha value is -0.640. The summed E-state index contributed by atoms with van der Waals surface area (Å²) in [4.78, 5) is 10.5. The Morgan fingerprint density at radius 2 is 2.00 bits per heavy atom. The van der Waals surface area contributed by atoms with Crippen molar-refractivity contribution in [1.29, 1.82) is 0 Å². The van der Waals surface area contributed by atoms with E-state index in [1.54, 1.807) is 0 Å². The van der Waals surface area contributed by atoms with E-state index in [2.05, 4.69) is 22.6 Å². The minimum absolute atomic E-state index is 0.729. The first kappa shape index (κ1) is 9.45. The summed E-state index contributed by atoms with van der Waals surface area (Å²) in [5.41, 5.74) is 1.99. The van der Waals surface area contributed by atoms with Gasteiger partial charge in [-0.25, -0.2) is 0 Å². The molecule has 0 aliphatic rings. The zero-order valence-electron chi connectivity index (χ0n) is 6.53. The van der Waals surface area contributed by atoms with E-state index < -0.39 is 0 Å². The van der Waals surface area contributed by atoms with Gasteiger partial charge in [-0.15, -0.1) is 0 Å². The molecule has 0 atom stereocenters. The fourth-order valence-electron chi connectivity index (χ4n) is 0.938. The molecule has 1 aromatic carbocycles. The van der Waals surface area contributed by atoms with E-state index in [1.807, 2.05) is 34.4 Å². The van der Waals surface area contributed by atoms with Crippen molar-refractivity contribution in [2.75, 3.05) is 0 Å². The Morgan fingerprint density at radius 1 is 1.33 bits per heavy atom. The Morgan fingerprint density at radius 3 is 2.50 bits per heavy atom. The molecule has 1 aromatic rings. The highest BCUT2D eigenvalue weighted by atomic mass is 127. The summed E-state index contributed by atoms with van der Waals surface area (Å²) in [6.07, 6.45) is 1.63. The summed E-state index contributed by atoms with van der Waals surface area (Å²) < 4.78 is 1.82. The van der Waals surface area contributed by atoms with Crippen molar-refractivity contribution in [3.8, 4) is 0 Å². The van der Waals surface area contributed by atoms with Crippen LogP contribution in [0.4, 0.5) is 0 Å². The van der Waals surface area contributed by atoms with Gasteiger partial charge in [-0.1, -0.05) is 52.9 Å². The van der Waals surface area contributed by atoms with Crippen LogP contribution in [0.2, 0.25) is 0 Å². The van der Waals surface area contributed by atoms with E-state index in [-0.39, 0.29) is 0 Å². The molecule has 0 aromatic heterocycles. The fourth-order valence-corrected chi connectivity index (χ4v) is 1.30. The summed E-state index contributed by atoms with van der Waals surface area (Å²) in [7, 11) is 0. The van der Waals surface area contributed by atoms with Crippen LogP contribution in [0.5, 0.6) is 0 Å². The summed E-state index contributed by atoms with van der Waals surface area (Å²) in [6, 6.07) is 9.96. The van der Waals surface area contributed by atoms with E-state index in [0.717, 1.165) is 18.3 Å². The molecule has 0 saturated heterocycles. The minimum Gasteiger partial charge on any atom is -0.298 e. The van der Waals surface area contributed by atoms with Crippen LogP contribution in [-0.4, -0.2) is 6.29 Å². The van der Waals surface area contributed by atoms with Gasteiger partial charge >= 0.3 is 0 Å². The van der Waals surface area contributed by atoms with Gasteiger partial charge in [0.25, 0.3) is 0 Å². The van der Waals surface area contributed by atoms with Crippen LogP contribution in [0.3, 0.4) is 0 Å². The maximum Gasteiger partial charge on any atom is 0.146 e. The van der Waals surface area contributed by atoms with Crippen LogP contribution in [-0.2, 0) is 11.2 Å². The van der Waals surface area contributed by atoms with Gasteiger partial charge in [0.15, 0.2) is 0 Å². The molecule has 12 heavy (non-hydrogen) atoms. The molecule has 0 spiro atoms. The summed E-state index contributed by atoms with van der Waals surface area (Å²) >= 11 is 2.08. The first-order valence-corrected chi connectivity index (χ1v) is 4.89. The van der Waals surface area contributed by atoms with E-state index in [4.69, 9.17) is 0 Å². The highest BCUT2D eigenvalue weighted by Crippen LogP contribution is 2.07. The van der Waals surface area contributed by atoms with Crippen molar-refractivity contribution in [2.45, 2.75) is 6.42 Å². The smallest absolute Gasteiger partial charge is 0.146 e. The minimum atomic E-state index is 0.729. The normalized spacial score (nSPS) is 11.2. The number of allylic oxidation sites excluding steroid dienone is 1. The predicted molar refractivity (Wildman–Crippen MR) is 58.3 cm³/mol. The number of aldehydes is 1. The summed E-state index contributed by atoms with van der Waals surface area (Å²) in [5, 5.41) is 0. The molecule has 0 saturated carbocycles. The van der Waals surface area contributed by atoms with E-state index in [9.17, 15) is 4.79 Å². The molecular formula is C10H9IO. The average molecular weight is 272 g/mol. The van der Waals surface area contributed by atoms with Crippen LogP contribution < -0.4 is 0 Å². The van der Waals surface area contributed by atoms with E-state index in [0.29, 0.717) is 0 Å². The molecule has 2 heteroatoms. The fraction of sp³-hybridized carbons (Fsp3) is 0.100. The van der Waals surface area contributed by atoms with Crippen molar-refractivity contribution in [3.63, 3.8) is 0 Å². The lowest BCUT2D eigenvalue weighted by atomic mass is 10.1. The molecule has 0 fully saturated rings. The third-order valence-electron chi connectivity index (χ3n) is 1.54. The molecule has 0 unspecified atom stereocenters. The highest BCUT2D eigenvalue weighted by Gasteiger charge is 1.95. The van der Waals surface area contributed by atoms with Crippen LogP contribution in [0.25, 0.3) is 0 Å². The Bertz CT molecular complexity index is 277. The second-order valence-electron chi connectivity index (χ2n) is 2.46. The predicted octanol–water partition coefficient (Wildman–Crippen LogP) is 2.75. The van der Waals surface area contributed by atoms with Gasteiger partial charge in [0.05, 0.1) is 0 Å². The lowest BCUT2D eigenvalue weighted by Crippen LogP contribution is -1.89. The molecule has 1 nitrogen and oxygen atoms in total. The number of halogens is 1. The third-order valence-corrected chi connectivity index (χ3v) is 2.34. The van der Waals surface area contributed by atoms with Gasteiger partial charge in [-0.05, 0) is 9.65 Å². The molecule has 0 amide bonds. The quantitative estimate of drug-likeness (QED) is 0.470. The summed E-state index contributed by atoms with van der Waals surface area (Å²) in [6.45, 7) is 0. The van der Waals surface area contributed by atoms with E-state index >= 15 is 0 Å². The monoisotopic (exact) mass is 272 g/mol. The second kappa shape index (κ2) is 5.09. The molecule has 0 bridgehead atoms. The van der Waals surface area contributed by atoms with Crippen LogP contribution >= 0.6 is 22.6 Å². The topological polar surface area (TPSA) is 17.1 Å².